The van der Waals surface area contributed by atoms with E-state index in [2.05, 4.69) is 0 Å². The molecule has 2 amide bonds. The molecule has 0 N–H and O–H groups in total. The van der Waals surface area contributed by atoms with Gasteiger partial charge in [-0.25, -0.2) is 0 Å². The van der Waals surface area contributed by atoms with Crippen molar-refractivity contribution >= 4 is 23.5 Å². The summed E-state index contributed by atoms with van der Waals surface area (Å²) in [5, 5.41) is 0. The number of anilines is 1. The molecule has 2 fully saturated rings. The average molecular weight is 358 g/mol. The molecule has 0 radical (unpaired) electrons. The summed E-state index contributed by atoms with van der Waals surface area (Å²) in [7, 11) is 0. The molecule has 0 unspecified atom stereocenters. The van der Waals surface area contributed by atoms with E-state index in [-0.39, 0.29) is 36.0 Å². The molecule has 140 valence electrons. The van der Waals surface area contributed by atoms with Crippen LogP contribution in [0.4, 0.5) is 5.69 Å². The number of rotatable bonds is 4. The lowest BCUT2D eigenvalue weighted by molar-refractivity contribution is -0.151. The monoisotopic (exact) mass is 358 g/mol. The number of hydrogen-bond acceptors (Lipinski definition) is 4. The number of aryl methyl sites for hydroxylation is 1. The summed E-state index contributed by atoms with van der Waals surface area (Å²) < 4.78 is 5.07. The normalized spacial score (nSPS) is 21.2. The second-order valence-electron chi connectivity index (χ2n) is 7.09. The topological polar surface area (TPSA) is 66.9 Å². The van der Waals surface area contributed by atoms with Crippen molar-refractivity contribution < 1.29 is 19.1 Å². The predicted octanol–water partition coefficient (Wildman–Crippen LogP) is 2.15. The highest BCUT2D eigenvalue weighted by molar-refractivity contribution is 6.00. The number of piperidine rings is 1. The molecule has 2 aliphatic heterocycles. The van der Waals surface area contributed by atoms with E-state index in [4.69, 9.17) is 4.74 Å². The highest BCUT2D eigenvalue weighted by Crippen LogP contribution is 2.28. The SMILES string of the molecule is CCOC(=O)C1CCN(C(=O)[C@H]2CC(=O)N(c3ccc(C)cc3)C2)CC1. The minimum Gasteiger partial charge on any atom is -0.466 e. The minimum atomic E-state index is -0.303. The van der Waals surface area contributed by atoms with E-state index in [1.165, 1.54) is 0 Å². The van der Waals surface area contributed by atoms with Crippen LogP contribution in [-0.2, 0) is 19.1 Å². The maximum absolute atomic E-state index is 12.8. The molecule has 0 saturated carbocycles. The highest BCUT2D eigenvalue weighted by atomic mass is 16.5. The van der Waals surface area contributed by atoms with E-state index in [0.717, 1.165) is 11.3 Å². The van der Waals surface area contributed by atoms with Gasteiger partial charge in [0.15, 0.2) is 0 Å². The smallest absolute Gasteiger partial charge is 0.309 e. The molecule has 2 aliphatic rings. The van der Waals surface area contributed by atoms with Crippen molar-refractivity contribution in [1.82, 2.24) is 4.90 Å². The number of carbonyl (C=O) groups excluding carboxylic acids is 3. The second-order valence-corrected chi connectivity index (χ2v) is 7.09. The number of esters is 1. The fourth-order valence-electron chi connectivity index (χ4n) is 3.70. The molecular formula is C20H26N2O4. The maximum Gasteiger partial charge on any atom is 0.309 e. The fraction of sp³-hybridized carbons (Fsp3) is 0.550. The van der Waals surface area contributed by atoms with Crippen LogP contribution in [0.3, 0.4) is 0 Å². The molecule has 2 saturated heterocycles. The van der Waals surface area contributed by atoms with Gasteiger partial charge in [0.05, 0.1) is 18.4 Å². The Morgan fingerprint density at radius 1 is 1.12 bits per heavy atom. The average Bonchev–Trinajstić information content (AvgIpc) is 3.04. The zero-order valence-corrected chi connectivity index (χ0v) is 15.4. The van der Waals surface area contributed by atoms with Crippen molar-refractivity contribution in [3.8, 4) is 0 Å². The summed E-state index contributed by atoms with van der Waals surface area (Å²) in [5.74, 6) is -0.568. The number of nitrogens with zero attached hydrogens (tertiary/aromatic N) is 2. The Hall–Kier alpha value is -2.37. The minimum absolute atomic E-state index is 0.00591. The van der Waals surface area contributed by atoms with Crippen LogP contribution in [0.25, 0.3) is 0 Å². The van der Waals surface area contributed by atoms with Gasteiger partial charge in [0.1, 0.15) is 0 Å². The molecule has 0 spiro atoms. The summed E-state index contributed by atoms with van der Waals surface area (Å²) in [4.78, 5) is 40.5. The lowest BCUT2D eigenvalue weighted by Gasteiger charge is -2.32. The standard InChI is InChI=1S/C20H26N2O4/c1-3-26-20(25)15-8-10-21(11-9-15)19(24)16-12-18(23)22(13-16)17-6-4-14(2)5-7-17/h4-7,15-16H,3,8-13H2,1-2H3/t16-/m0/s1. The molecule has 6 nitrogen and oxygen atoms in total. The van der Waals surface area contributed by atoms with Gasteiger partial charge >= 0.3 is 5.97 Å². The van der Waals surface area contributed by atoms with Gasteiger partial charge < -0.3 is 14.5 Å². The largest absolute Gasteiger partial charge is 0.466 e. The molecule has 0 aliphatic carbocycles. The Kier molecular flexibility index (Phi) is 5.59. The number of ether oxygens (including phenoxy) is 1. The van der Waals surface area contributed by atoms with Crippen LogP contribution in [0.2, 0.25) is 0 Å². The Morgan fingerprint density at radius 3 is 2.38 bits per heavy atom. The summed E-state index contributed by atoms with van der Waals surface area (Å²) in [6.07, 6.45) is 1.52. The molecule has 0 bridgehead atoms. The van der Waals surface area contributed by atoms with E-state index in [9.17, 15) is 14.4 Å². The quantitative estimate of drug-likeness (QED) is 0.774. The van der Waals surface area contributed by atoms with Gasteiger partial charge in [-0.3, -0.25) is 14.4 Å². The number of amides is 2. The van der Waals surface area contributed by atoms with Gasteiger partial charge in [-0.15, -0.1) is 0 Å². The molecule has 2 heterocycles. The van der Waals surface area contributed by atoms with E-state index in [1.807, 2.05) is 31.2 Å². The first-order valence-corrected chi connectivity index (χ1v) is 9.32. The van der Waals surface area contributed by atoms with Crippen molar-refractivity contribution in [3.05, 3.63) is 29.8 Å². The van der Waals surface area contributed by atoms with Crippen LogP contribution in [0.1, 0.15) is 31.7 Å². The summed E-state index contributed by atoms with van der Waals surface area (Å²) in [6, 6.07) is 7.78. The third kappa shape index (κ3) is 3.89. The first-order chi connectivity index (χ1) is 12.5. The van der Waals surface area contributed by atoms with E-state index in [0.29, 0.717) is 39.1 Å². The van der Waals surface area contributed by atoms with Gasteiger partial charge in [0, 0.05) is 31.7 Å². The van der Waals surface area contributed by atoms with Gasteiger partial charge in [0.2, 0.25) is 11.8 Å². The third-order valence-corrected chi connectivity index (χ3v) is 5.25. The zero-order valence-electron chi connectivity index (χ0n) is 15.4. The summed E-state index contributed by atoms with van der Waals surface area (Å²) >= 11 is 0. The first kappa shape index (κ1) is 18.4. The Morgan fingerprint density at radius 2 is 1.77 bits per heavy atom. The van der Waals surface area contributed by atoms with Crippen LogP contribution in [0.15, 0.2) is 24.3 Å². The maximum atomic E-state index is 12.8. The molecule has 1 atom stereocenters. The van der Waals surface area contributed by atoms with Gasteiger partial charge in [-0.1, -0.05) is 17.7 Å². The van der Waals surface area contributed by atoms with Crippen molar-refractivity contribution in [2.45, 2.75) is 33.1 Å². The number of benzene rings is 1. The lowest BCUT2D eigenvalue weighted by atomic mass is 9.95. The van der Waals surface area contributed by atoms with E-state index >= 15 is 0 Å². The Balaban J connectivity index is 1.57. The number of likely N-dealkylation sites (tertiary alicyclic amines) is 1. The second kappa shape index (κ2) is 7.89. The number of carbonyl (C=O) groups is 3. The van der Waals surface area contributed by atoms with Crippen LogP contribution >= 0.6 is 0 Å². The molecule has 0 aromatic heterocycles. The zero-order chi connectivity index (χ0) is 18.7. The molecule has 3 rings (SSSR count). The van der Waals surface area contributed by atoms with E-state index < -0.39 is 0 Å². The van der Waals surface area contributed by atoms with Gasteiger partial charge in [-0.2, -0.15) is 0 Å². The van der Waals surface area contributed by atoms with Crippen LogP contribution in [0.5, 0.6) is 0 Å². The molecule has 1 aromatic carbocycles. The molecular weight excluding hydrogens is 332 g/mol. The summed E-state index contributed by atoms with van der Waals surface area (Å²) in [5.41, 5.74) is 1.98. The predicted molar refractivity (Wildman–Crippen MR) is 97.6 cm³/mol. The Labute approximate surface area is 154 Å². The van der Waals surface area contributed by atoms with Crippen LogP contribution < -0.4 is 4.90 Å². The van der Waals surface area contributed by atoms with Crippen LogP contribution in [0, 0.1) is 18.8 Å². The van der Waals surface area contributed by atoms with Crippen molar-refractivity contribution in [1.29, 1.82) is 0 Å². The Bertz CT molecular complexity index is 678. The molecule has 1 aromatic rings. The number of hydrogen-bond donors (Lipinski definition) is 0. The third-order valence-electron chi connectivity index (χ3n) is 5.25. The fourth-order valence-corrected chi connectivity index (χ4v) is 3.70. The van der Waals surface area contributed by atoms with Crippen molar-refractivity contribution in [2.24, 2.45) is 11.8 Å². The highest BCUT2D eigenvalue weighted by Gasteiger charge is 2.38. The van der Waals surface area contributed by atoms with Crippen LogP contribution in [-0.4, -0.2) is 48.9 Å². The van der Waals surface area contributed by atoms with Gasteiger partial charge in [0.25, 0.3) is 0 Å². The first-order valence-electron chi connectivity index (χ1n) is 9.32. The van der Waals surface area contributed by atoms with Gasteiger partial charge in [-0.05, 0) is 38.8 Å². The lowest BCUT2D eigenvalue weighted by Crippen LogP contribution is -2.44. The molecule has 6 heteroatoms. The molecule has 26 heavy (non-hydrogen) atoms. The van der Waals surface area contributed by atoms with Crippen molar-refractivity contribution in [3.63, 3.8) is 0 Å². The van der Waals surface area contributed by atoms with Crippen molar-refractivity contribution in [2.75, 3.05) is 31.1 Å². The van der Waals surface area contributed by atoms with E-state index in [1.54, 1.807) is 16.7 Å². The summed E-state index contributed by atoms with van der Waals surface area (Å²) in [6.45, 7) is 5.72.